The fourth-order valence-electron chi connectivity index (χ4n) is 2.42. The molecule has 0 aliphatic heterocycles. The van der Waals surface area contributed by atoms with Crippen LogP contribution in [0.5, 0.6) is 5.75 Å². The van der Waals surface area contributed by atoms with Crippen LogP contribution in [-0.4, -0.2) is 13.5 Å². The molecule has 0 amide bonds. The number of aromatic hydroxyl groups is 1. The van der Waals surface area contributed by atoms with Crippen LogP contribution in [0.4, 0.5) is 4.39 Å². The van der Waals surface area contributed by atoms with Gasteiger partial charge in [0.1, 0.15) is 16.8 Å². The maximum Gasteiger partial charge on any atom is 0.216 e. The van der Waals surface area contributed by atoms with E-state index in [9.17, 15) is 17.9 Å². The molecule has 20 heavy (non-hydrogen) atoms. The Morgan fingerprint density at radius 2 is 1.85 bits per heavy atom. The van der Waals surface area contributed by atoms with E-state index >= 15 is 0 Å². The highest BCUT2D eigenvalue weighted by Gasteiger charge is 2.27. The molecule has 0 aliphatic carbocycles. The zero-order chi connectivity index (χ0) is 15.1. The van der Waals surface area contributed by atoms with Gasteiger partial charge in [-0.3, -0.25) is 0 Å². The van der Waals surface area contributed by atoms with Crippen molar-refractivity contribution < 1.29 is 17.9 Å². The van der Waals surface area contributed by atoms with Crippen LogP contribution in [0.15, 0.2) is 24.3 Å². The van der Waals surface area contributed by atoms with Crippen molar-refractivity contribution in [3.63, 3.8) is 0 Å². The summed E-state index contributed by atoms with van der Waals surface area (Å²) in [5.41, 5.74) is 0.654. The highest BCUT2D eigenvalue weighted by Crippen LogP contribution is 2.37. The Balaban J connectivity index is 2.88. The molecule has 3 N–H and O–H groups in total. The SMILES string of the molecule is CCC(c1c(F)ccc2c(O)c(C)ccc12)S(N)(=O)=O. The van der Waals surface area contributed by atoms with Gasteiger partial charge in [0.05, 0.1) is 0 Å². The Labute approximate surface area is 117 Å². The first-order valence-corrected chi connectivity index (χ1v) is 7.80. The van der Waals surface area contributed by atoms with Crippen molar-refractivity contribution in [1.82, 2.24) is 0 Å². The number of hydrogen-bond acceptors (Lipinski definition) is 3. The summed E-state index contributed by atoms with van der Waals surface area (Å²) in [6.07, 6.45) is 0.156. The standard InChI is InChI=1S/C14H16FNO3S/c1-3-12(20(16,18)19)13-9-5-4-8(2)14(17)10(9)6-7-11(13)15/h4-7,12,17H,3H2,1-2H3,(H2,16,18,19). The maximum atomic E-state index is 14.1. The predicted octanol–water partition coefficient (Wildman–Crippen LogP) is 2.73. The minimum Gasteiger partial charge on any atom is -0.507 e. The van der Waals surface area contributed by atoms with Gasteiger partial charge in [-0.15, -0.1) is 0 Å². The van der Waals surface area contributed by atoms with Crippen LogP contribution in [0.1, 0.15) is 29.7 Å². The molecule has 108 valence electrons. The highest BCUT2D eigenvalue weighted by molar-refractivity contribution is 7.89. The van der Waals surface area contributed by atoms with Crippen LogP contribution in [-0.2, 0) is 10.0 Å². The molecule has 2 rings (SSSR count). The minimum atomic E-state index is -3.93. The molecule has 4 nitrogen and oxygen atoms in total. The van der Waals surface area contributed by atoms with E-state index in [0.717, 1.165) is 6.07 Å². The zero-order valence-corrected chi connectivity index (χ0v) is 12.0. The molecule has 0 heterocycles. The number of fused-ring (bicyclic) bond motifs is 1. The zero-order valence-electron chi connectivity index (χ0n) is 11.2. The highest BCUT2D eigenvalue weighted by atomic mass is 32.2. The second-order valence-corrected chi connectivity index (χ2v) is 6.52. The molecule has 0 spiro atoms. The first-order valence-electron chi connectivity index (χ1n) is 6.19. The third-order valence-electron chi connectivity index (χ3n) is 3.45. The average molecular weight is 297 g/mol. The number of phenolic OH excluding ortho intramolecular Hbond substituents is 1. The van der Waals surface area contributed by atoms with Crippen LogP contribution in [0.25, 0.3) is 10.8 Å². The lowest BCUT2D eigenvalue weighted by Crippen LogP contribution is -2.22. The molecular weight excluding hydrogens is 281 g/mol. The van der Waals surface area contributed by atoms with Crippen molar-refractivity contribution >= 4 is 20.8 Å². The van der Waals surface area contributed by atoms with Crippen molar-refractivity contribution in [2.45, 2.75) is 25.5 Å². The molecule has 6 heteroatoms. The number of phenols is 1. The van der Waals surface area contributed by atoms with E-state index < -0.39 is 21.1 Å². The van der Waals surface area contributed by atoms with Gasteiger partial charge in [-0.2, -0.15) is 0 Å². The Bertz CT molecular complexity index is 772. The molecule has 0 bridgehead atoms. The Morgan fingerprint density at radius 3 is 2.40 bits per heavy atom. The fourth-order valence-corrected chi connectivity index (χ4v) is 3.46. The topological polar surface area (TPSA) is 80.4 Å². The van der Waals surface area contributed by atoms with E-state index in [-0.39, 0.29) is 17.7 Å². The number of halogens is 1. The van der Waals surface area contributed by atoms with Crippen molar-refractivity contribution in [3.05, 3.63) is 41.2 Å². The quantitative estimate of drug-likeness (QED) is 0.914. The first kappa shape index (κ1) is 14.7. The molecule has 2 aromatic carbocycles. The van der Waals surface area contributed by atoms with Crippen LogP contribution in [0, 0.1) is 12.7 Å². The summed E-state index contributed by atoms with van der Waals surface area (Å²) in [4.78, 5) is 0. The monoisotopic (exact) mass is 297 g/mol. The van der Waals surface area contributed by atoms with E-state index in [1.165, 1.54) is 6.07 Å². The minimum absolute atomic E-state index is 0.0165. The third kappa shape index (κ3) is 2.36. The fraction of sp³-hybridized carbons (Fsp3) is 0.286. The van der Waals surface area contributed by atoms with Crippen LogP contribution < -0.4 is 5.14 Å². The summed E-state index contributed by atoms with van der Waals surface area (Å²) in [6, 6.07) is 5.82. The Kier molecular flexibility index (Phi) is 3.71. The molecule has 0 aliphatic rings. The van der Waals surface area contributed by atoms with E-state index in [2.05, 4.69) is 0 Å². The lowest BCUT2D eigenvalue weighted by atomic mass is 9.98. The molecule has 0 radical (unpaired) electrons. The van der Waals surface area contributed by atoms with Crippen molar-refractivity contribution in [1.29, 1.82) is 0 Å². The summed E-state index contributed by atoms with van der Waals surface area (Å²) in [7, 11) is -3.93. The van der Waals surface area contributed by atoms with Crippen molar-refractivity contribution in [2.24, 2.45) is 5.14 Å². The van der Waals surface area contributed by atoms with E-state index in [1.54, 1.807) is 26.0 Å². The molecule has 1 unspecified atom stereocenters. The smallest absolute Gasteiger partial charge is 0.216 e. The summed E-state index contributed by atoms with van der Waals surface area (Å²) in [5.74, 6) is -0.616. The van der Waals surface area contributed by atoms with E-state index in [4.69, 9.17) is 5.14 Å². The molecule has 1 atom stereocenters. The number of aryl methyl sites for hydroxylation is 1. The normalized spacial score (nSPS) is 13.6. The number of nitrogens with two attached hydrogens (primary N) is 1. The lowest BCUT2D eigenvalue weighted by Gasteiger charge is -2.17. The van der Waals surface area contributed by atoms with Gasteiger partial charge in [-0.25, -0.2) is 17.9 Å². The predicted molar refractivity (Wildman–Crippen MR) is 76.4 cm³/mol. The van der Waals surface area contributed by atoms with E-state index in [1.807, 2.05) is 0 Å². The van der Waals surface area contributed by atoms with Gasteiger partial charge in [0.15, 0.2) is 0 Å². The van der Waals surface area contributed by atoms with Gasteiger partial charge >= 0.3 is 0 Å². The van der Waals surface area contributed by atoms with Gasteiger partial charge in [-0.05, 0) is 36.4 Å². The maximum absolute atomic E-state index is 14.1. The molecule has 0 saturated carbocycles. The molecule has 0 saturated heterocycles. The largest absolute Gasteiger partial charge is 0.507 e. The molecule has 0 aromatic heterocycles. The Morgan fingerprint density at radius 1 is 1.25 bits per heavy atom. The van der Waals surface area contributed by atoms with Gasteiger partial charge in [0, 0.05) is 10.9 Å². The van der Waals surface area contributed by atoms with Gasteiger partial charge < -0.3 is 5.11 Å². The number of rotatable bonds is 3. The lowest BCUT2D eigenvalue weighted by molar-refractivity contribution is 0.477. The summed E-state index contributed by atoms with van der Waals surface area (Å²) in [5, 5.41) is 14.9. The average Bonchev–Trinajstić information content (AvgIpc) is 2.35. The summed E-state index contributed by atoms with van der Waals surface area (Å²) in [6.45, 7) is 3.34. The number of benzene rings is 2. The van der Waals surface area contributed by atoms with Gasteiger partial charge in [-0.1, -0.05) is 19.1 Å². The second-order valence-electron chi connectivity index (χ2n) is 4.77. The summed E-state index contributed by atoms with van der Waals surface area (Å²) < 4.78 is 37.4. The van der Waals surface area contributed by atoms with E-state index in [0.29, 0.717) is 16.3 Å². The van der Waals surface area contributed by atoms with Crippen LogP contribution >= 0.6 is 0 Å². The molecule has 2 aromatic rings. The second kappa shape index (κ2) is 5.03. The van der Waals surface area contributed by atoms with Gasteiger partial charge in [0.25, 0.3) is 0 Å². The molecule has 0 fully saturated rings. The Hall–Kier alpha value is -1.66. The van der Waals surface area contributed by atoms with Gasteiger partial charge in [0.2, 0.25) is 10.0 Å². The van der Waals surface area contributed by atoms with Crippen molar-refractivity contribution in [2.75, 3.05) is 0 Å². The van der Waals surface area contributed by atoms with Crippen LogP contribution in [0.3, 0.4) is 0 Å². The number of sulfonamides is 1. The van der Waals surface area contributed by atoms with Crippen LogP contribution in [0.2, 0.25) is 0 Å². The summed E-state index contributed by atoms with van der Waals surface area (Å²) >= 11 is 0. The number of hydrogen-bond donors (Lipinski definition) is 2. The number of primary sulfonamides is 1. The van der Waals surface area contributed by atoms with Crippen molar-refractivity contribution in [3.8, 4) is 5.75 Å². The first-order chi connectivity index (χ1) is 9.27. The molecular formula is C14H16FNO3S. The third-order valence-corrected chi connectivity index (χ3v) is 4.81.